The number of carbonyl (C=O) groups excluding carboxylic acids is 1. The van der Waals surface area contributed by atoms with E-state index in [2.05, 4.69) is 15.5 Å². The molecule has 2 aromatic carbocycles. The van der Waals surface area contributed by atoms with Crippen LogP contribution in [-0.4, -0.2) is 17.1 Å². The van der Waals surface area contributed by atoms with Gasteiger partial charge in [-0.25, -0.2) is 5.43 Å². The fraction of sp³-hybridized carbons (Fsp3) is 0.0952. The number of halogens is 1. The second-order valence-corrected chi connectivity index (χ2v) is 6.24. The minimum Gasteiger partial charge on any atom is -0.489 e. The lowest BCUT2D eigenvalue weighted by atomic mass is 10.2. The van der Waals surface area contributed by atoms with Crippen LogP contribution in [0, 0.1) is 6.92 Å². The van der Waals surface area contributed by atoms with Gasteiger partial charge < -0.3 is 4.74 Å². The number of hydrogen-bond acceptors (Lipinski definition) is 4. The smallest absolute Gasteiger partial charge is 0.272 e. The van der Waals surface area contributed by atoms with Crippen LogP contribution in [0.25, 0.3) is 0 Å². The summed E-state index contributed by atoms with van der Waals surface area (Å²) in [6.07, 6.45) is 3.09. The average Bonchev–Trinajstić information content (AvgIpc) is 2.69. The lowest BCUT2D eigenvalue weighted by molar-refractivity contribution is 0.0955. The summed E-state index contributed by atoms with van der Waals surface area (Å²) in [6.45, 7) is 2.26. The maximum Gasteiger partial charge on any atom is 0.272 e. The Labute approximate surface area is 162 Å². The number of pyridine rings is 1. The molecule has 3 rings (SSSR count). The fourth-order valence-corrected chi connectivity index (χ4v) is 2.45. The Bertz CT molecular complexity index is 938. The Morgan fingerprint density at radius 2 is 1.93 bits per heavy atom. The minimum absolute atomic E-state index is 0.307. The van der Waals surface area contributed by atoms with E-state index in [1.165, 1.54) is 6.20 Å². The van der Waals surface area contributed by atoms with E-state index >= 15 is 0 Å². The molecule has 1 N–H and O–H groups in total. The molecule has 1 aromatic heterocycles. The molecule has 0 bridgehead atoms. The van der Waals surface area contributed by atoms with Gasteiger partial charge in [0.1, 0.15) is 12.4 Å². The summed E-state index contributed by atoms with van der Waals surface area (Å²) in [7, 11) is 0. The number of benzene rings is 2. The third kappa shape index (κ3) is 5.39. The third-order valence-electron chi connectivity index (χ3n) is 3.79. The highest BCUT2D eigenvalue weighted by Gasteiger charge is 2.04. The van der Waals surface area contributed by atoms with Gasteiger partial charge in [0.2, 0.25) is 0 Å². The predicted molar refractivity (Wildman–Crippen MR) is 106 cm³/mol. The summed E-state index contributed by atoms with van der Waals surface area (Å²) in [5, 5.41) is 4.65. The molecule has 0 spiro atoms. The van der Waals surface area contributed by atoms with Gasteiger partial charge in [0.05, 0.1) is 11.8 Å². The predicted octanol–water partition coefficient (Wildman–Crippen LogP) is 4.39. The number of nitrogens with zero attached hydrogens (tertiary/aromatic N) is 2. The molecule has 0 aliphatic heterocycles. The largest absolute Gasteiger partial charge is 0.489 e. The van der Waals surface area contributed by atoms with Crippen molar-refractivity contribution in [3.63, 3.8) is 0 Å². The van der Waals surface area contributed by atoms with Crippen LogP contribution in [-0.2, 0) is 6.61 Å². The van der Waals surface area contributed by atoms with E-state index in [-0.39, 0.29) is 5.91 Å². The Hall–Kier alpha value is -3.18. The lowest BCUT2D eigenvalue weighted by Gasteiger charge is -2.07. The topological polar surface area (TPSA) is 63.6 Å². The highest BCUT2D eigenvalue weighted by molar-refractivity contribution is 6.31. The van der Waals surface area contributed by atoms with Crippen molar-refractivity contribution >= 4 is 23.7 Å². The first-order valence-corrected chi connectivity index (χ1v) is 8.72. The summed E-state index contributed by atoms with van der Waals surface area (Å²) in [4.78, 5) is 16.0. The van der Waals surface area contributed by atoms with Crippen molar-refractivity contribution in [2.75, 3.05) is 0 Å². The lowest BCUT2D eigenvalue weighted by Crippen LogP contribution is -2.17. The van der Waals surface area contributed by atoms with Crippen molar-refractivity contribution in [3.05, 3.63) is 94.3 Å². The monoisotopic (exact) mass is 379 g/mol. The molecule has 136 valence electrons. The zero-order chi connectivity index (χ0) is 19.1. The van der Waals surface area contributed by atoms with Gasteiger partial charge >= 0.3 is 0 Å². The van der Waals surface area contributed by atoms with Crippen LogP contribution in [0.3, 0.4) is 0 Å². The Morgan fingerprint density at radius 1 is 1.15 bits per heavy atom. The number of aryl methyl sites for hydroxylation is 1. The molecule has 1 amide bonds. The first kappa shape index (κ1) is 18.6. The molecular weight excluding hydrogens is 362 g/mol. The van der Waals surface area contributed by atoms with Gasteiger partial charge in [0, 0.05) is 22.5 Å². The maximum absolute atomic E-state index is 12.0. The van der Waals surface area contributed by atoms with E-state index in [0.717, 1.165) is 22.6 Å². The first-order chi connectivity index (χ1) is 13.1. The molecule has 5 nitrogen and oxygen atoms in total. The number of nitrogens with one attached hydrogen (secondary N) is 1. The van der Waals surface area contributed by atoms with Crippen LogP contribution in [0.1, 0.15) is 27.2 Å². The third-order valence-corrected chi connectivity index (χ3v) is 4.15. The highest BCUT2D eigenvalue weighted by atomic mass is 35.5. The number of hydrogen-bond donors (Lipinski definition) is 1. The van der Waals surface area contributed by atoms with Gasteiger partial charge in [-0.2, -0.15) is 5.10 Å². The molecule has 0 atom stereocenters. The first-order valence-electron chi connectivity index (χ1n) is 8.34. The van der Waals surface area contributed by atoms with Crippen LogP contribution in [0.15, 0.2) is 72.0 Å². The molecule has 0 unspecified atom stereocenters. The van der Waals surface area contributed by atoms with Gasteiger partial charge in [0.15, 0.2) is 0 Å². The summed E-state index contributed by atoms with van der Waals surface area (Å²) in [5.74, 6) is 0.417. The number of amides is 1. The van der Waals surface area contributed by atoms with E-state index in [1.807, 2.05) is 55.5 Å². The number of hydrazone groups is 1. The SMILES string of the molecule is Cc1ccc(C(=O)N/N=C/c2ccc(OCc3ccccc3Cl)cc2)cn1. The van der Waals surface area contributed by atoms with E-state index in [1.54, 1.807) is 18.3 Å². The number of carbonyl (C=O) groups is 1. The number of ether oxygens (including phenoxy) is 1. The van der Waals surface area contributed by atoms with Crippen molar-refractivity contribution in [1.82, 2.24) is 10.4 Å². The van der Waals surface area contributed by atoms with Crippen molar-refractivity contribution in [1.29, 1.82) is 0 Å². The van der Waals surface area contributed by atoms with E-state index in [4.69, 9.17) is 16.3 Å². The van der Waals surface area contributed by atoms with Crippen molar-refractivity contribution in [3.8, 4) is 5.75 Å². The zero-order valence-corrected chi connectivity index (χ0v) is 15.5. The number of rotatable bonds is 6. The molecule has 27 heavy (non-hydrogen) atoms. The molecule has 0 saturated carbocycles. The second kappa shape index (κ2) is 8.96. The summed E-state index contributed by atoms with van der Waals surface area (Å²) in [5.41, 5.74) is 5.56. The van der Waals surface area contributed by atoms with Crippen LogP contribution < -0.4 is 10.2 Å². The normalized spacial score (nSPS) is 10.7. The molecule has 0 fully saturated rings. The molecule has 0 aliphatic rings. The van der Waals surface area contributed by atoms with Crippen molar-refractivity contribution in [2.45, 2.75) is 13.5 Å². The Balaban J connectivity index is 1.52. The van der Waals surface area contributed by atoms with Crippen LogP contribution in [0.5, 0.6) is 5.75 Å². The minimum atomic E-state index is -0.307. The maximum atomic E-state index is 12.0. The van der Waals surface area contributed by atoms with Crippen molar-refractivity contribution < 1.29 is 9.53 Å². The standard InChI is InChI=1S/C21H18ClN3O2/c1-15-6-9-17(13-23-15)21(26)25-24-12-16-7-10-19(11-8-16)27-14-18-4-2-3-5-20(18)22/h2-13H,14H2,1H3,(H,25,26)/b24-12+. The van der Waals surface area contributed by atoms with E-state index < -0.39 is 0 Å². The Kier molecular flexibility index (Phi) is 6.18. The molecule has 0 saturated heterocycles. The van der Waals surface area contributed by atoms with Crippen molar-refractivity contribution in [2.24, 2.45) is 5.10 Å². The van der Waals surface area contributed by atoms with Gasteiger partial charge in [-0.3, -0.25) is 9.78 Å². The molecule has 0 aliphatic carbocycles. The molecule has 3 aromatic rings. The Morgan fingerprint density at radius 3 is 2.63 bits per heavy atom. The summed E-state index contributed by atoms with van der Waals surface area (Å²) < 4.78 is 5.73. The van der Waals surface area contributed by atoms with E-state index in [9.17, 15) is 4.79 Å². The molecule has 6 heteroatoms. The van der Waals surface area contributed by atoms with Crippen LogP contribution >= 0.6 is 11.6 Å². The molecule has 0 radical (unpaired) electrons. The summed E-state index contributed by atoms with van der Waals surface area (Å²) >= 11 is 6.11. The molecular formula is C21H18ClN3O2. The summed E-state index contributed by atoms with van der Waals surface area (Å²) in [6, 6.07) is 18.4. The van der Waals surface area contributed by atoms with Gasteiger partial charge in [-0.1, -0.05) is 29.8 Å². The average molecular weight is 380 g/mol. The van der Waals surface area contributed by atoms with Crippen LogP contribution in [0.4, 0.5) is 0 Å². The zero-order valence-electron chi connectivity index (χ0n) is 14.7. The highest BCUT2D eigenvalue weighted by Crippen LogP contribution is 2.18. The quantitative estimate of drug-likeness (QED) is 0.510. The van der Waals surface area contributed by atoms with Gasteiger partial charge in [-0.05, 0) is 55.0 Å². The van der Waals surface area contributed by atoms with Crippen LogP contribution in [0.2, 0.25) is 5.02 Å². The number of aromatic nitrogens is 1. The second-order valence-electron chi connectivity index (χ2n) is 5.84. The van der Waals surface area contributed by atoms with E-state index in [0.29, 0.717) is 17.2 Å². The fourth-order valence-electron chi connectivity index (χ4n) is 2.26. The molecule has 1 heterocycles. The van der Waals surface area contributed by atoms with Gasteiger partial charge in [-0.15, -0.1) is 0 Å². The van der Waals surface area contributed by atoms with Gasteiger partial charge in [0.25, 0.3) is 5.91 Å².